The van der Waals surface area contributed by atoms with Crippen molar-refractivity contribution in [1.82, 2.24) is 0 Å². The van der Waals surface area contributed by atoms with E-state index in [1.807, 2.05) is 20.8 Å². The van der Waals surface area contributed by atoms with Crippen LogP contribution < -0.4 is 0 Å². The fourth-order valence-corrected chi connectivity index (χ4v) is 2.39. The zero-order chi connectivity index (χ0) is 15.7. The number of Topliss-reactive ketones (excluding diaryl/α,β-unsaturated/α-hetero) is 1. The summed E-state index contributed by atoms with van der Waals surface area (Å²) in [6, 6.07) is 0. The van der Waals surface area contributed by atoms with Crippen molar-refractivity contribution in [3.8, 4) is 0 Å². The number of ether oxygens (including phenoxy) is 1. The summed E-state index contributed by atoms with van der Waals surface area (Å²) in [6.07, 6.45) is 4.74. The molecule has 3 heteroatoms. The summed E-state index contributed by atoms with van der Waals surface area (Å²) in [6.45, 7) is 11.7. The number of ketones is 1. The minimum Gasteiger partial charge on any atom is -0.457 e. The SMILES string of the molecule is CCCC(C)/C=C(\C)[C@@H](OC(=O)CC)[C@@H](C)C(=O)CC. The van der Waals surface area contributed by atoms with Crippen molar-refractivity contribution in [2.45, 2.75) is 73.3 Å². The van der Waals surface area contributed by atoms with Crippen LogP contribution in [0, 0.1) is 11.8 Å². The summed E-state index contributed by atoms with van der Waals surface area (Å²) in [4.78, 5) is 23.5. The van der Waals surface area contributed by atoms with Gasteiger partial charge in [-0.2, -0.15) is 0 Å². The minimum atomic E-state index is -0.422. The quantitative estimate of drug-likeness (QED) is 0.467. The van der Waals surface area contributed by atoms with Gasteiger partial charge in [-0.1, -0.05) is 47.1 Å². The Bertz CT molecular complexity index is 344. The van der Waals surface area contributed by atoms with Gasteiger partial charge in [0, 0.05) is 12.8 Å². The van der Waals surface area contributed by atoms with Crippen molar-refractivity contribution < 1.29 is 14.3 Å². The maximum absolute atomic E-state index is 11.9. The molecule has 3 nitrogen and oxygen atoms in total. The standard InChI is InChI=1S/C17H30O3/c1-7-10-12(4)11-13(5)17(20-16(19)9-3)14(6)15(18)8-2/h11-12,14,17H,7-10H2,1-6H3/b13-11+/t12?,14-,17+/m0/s1. The first-order valence-corrected chi connectivity index (χ1v) is 7.77. The molecule has 116 valence electrons. The van der Waals surface area contributed by atoms with E-state index in [2.05, 4.69) is 19.9 Å². The second-order valence-corrected chi connectivity index (χ2v) is 5.55. The third-order valence-corrected chi connectivity index (χ3v) is 3.60. The van der Waals surface area contributed by atoms with E-state index < -0.39 is 6.10 Å². The van der Waals surface area contributed by atoms with Gasteiger partial charge in [0.05, 0.1) is 5.92 Å². The van der Waals surface area contributed by atoms with Crippen molar-refractivity contribution in [1.29, 1.82) is 0 Å². The molecule has 20 heavy (non-hydrogen) atoms. The van der Waals surface area contributed by atoms with E-state index in [1.165, 1.54) is 0 Å². The molecule has 0 aliphatic rings. The number of hydrogen-bond acceptors (Lipinski definition) is 3. The number of rotatable bonds is 9. The molecule has 0 N–H and O–H groups in total. The Morgan fingerprint density at radius 3 is 2.15 bits per heavy atom. The Morgan fingerprint density at radius 1 is 1.10 bits per heavy atom. The van der Waals surface area contributed by atoms with Crippen LogP contribution in [0.15, 0.2) is 11.6 Å². The zero-order valence-electron chi connectivity index (χ0n) is 13.9. The molecule has 0 amide bonds. The second kappa shape index (κ2) is 9.73. The molecule has 0 heterocycles. The summed E-state index contributed by atoms with van der Waals surface area (Å²) >= 11 is 0. The number of esters is 1. The van der Waals surface area contributed by atoms with Crippen molar-refractivity contribution in [2.75, 3.05) is 0 Å². The molecule has 0 aliphatic carbocycles. The highest BCUT2D eigenvalue weighted by Gasteiger charge is 2.27. The Labute approximate surface area is 123 Å². The first kappa shape index (κ1) is 18.9. The van der Waals surface area contributed by atoms with Gasteiger partial charge in [0.15, 0.2) is 0 Å². The smallest absolute Gasteiger partial charge is 0.306 e. The third kappa shape index (κ3) is 6.36. The van der Waals surface area contributed by atoms with Crippen LogP contribution in [0.2, 0.25) is 0 Å². The highest BCUT2D eigenvalue weighted by molar-refractivity contribution is 5.82. The summed E-state index contributed by atoms with van der Waals surface area (Å²) in [5.74, 6) is 0.0452. The Kier molecular flexibility index (Phi) is 9.19. The van der Waals surface area contributed by atoms with E-state index in [0.29, 0.717) is 18.8 Å². The van der Waals surface area contributed by atoms with Gasteiger partial charge in [0.25, 0.3) is 0 Å². The molecule has 0 bridgehead atoms. The van der Waals surface area contributed by atoms with E-state index in [-0.39, 0.29) is 17.7 Å². The van der Waals surface area contributed by atoms with Gasteiger partial charge in [-0.25, -0.2) is 0 Å². The molecule has 0 aliphatic heterocycles. The molecule has 0 radical (unpaired) electrons. The molecule has 0 aromatic rings. The van der Waals surface area contributed by atoms with Crippen LogP contribution in [0.3, 0.4) is 0 Å². The largest absolute Gasteiger partial charge is 0.457 e. The van der Waals surface area contributed by atoms with E-state index in [4.69, 9.17) is 4.74 Å². The summed E-state index contributed by atoms with van der Waals surface area (Å²) in [7, 11) is 0. The van der Waals surface area contributed by atoms with Crippen LogP contribution in [0.25, 0.3) is 0 Å². The first-order valence-electron chi connectivity index (χ1n) is 7.77. The predicted octanol–water partition coefficient (Wildman–Crippen LogP) is 4.31. The fourth-order valence-electron chi connectivity index (χ4n) is 2.39. The molecule has 0 saturated carbocycles. The number of carbonyl (C=O) groups is 2. The van der Waals surface area contributed by atoms with E-state index in [1.54, 1.807) is 6.92 Å². The van der Waals surface area contributed by atoms with Crippen LogP contribution in [-0.4, -0.2) is 17.9 Å². The van der Waals surface area contributed by atoms with Gasteiger partial charge in [-0.05, 0) is 24.8 Å². The van der Waals surface area contributed by atoms with Crippen molar-refractivity contribution in [3.05, 3.63) is 11.6 Å². The lowest BCUT2D eigenvalue weighted by molar-refractivity contribution is -0.150. The average molecular weight is 282 g/mol. The molecular weight excluding hydrogens is 252 g/mol. The van der Waals surface area contributed by atoms with Crippen molar-refractivity contribution >= 4 is 11.8 Å². The average Bonchev–Trinajstić information content (AvgIpc) is 2.42. The third-order valence-electron chi connectivity index (χ3n) is 3.60. The summed E-state index contributed by atoms with van der Waals surface area (Å²) in [5.41, 5.74) is 0.988. The van der Waals surface area contributed by atoms with Crippen molar-refractivity contribution in [3.63, 3.8) is 0 Å². The molecule has 0 spiro atoms. The molecule has 0 rings (SSSR count). The molecule has 0 saturated heterocycles. The molecule has 0 fully saturated rings. The normalized spacial score (nSPS) is 16.4. The van der Waals surface area contributed by atoms with Crippen LogP contribution in [-0.2, 0) is 14.3 Å². The lowest BCUT2D eigenvalue weighted by atomic mass is 9.90. The molecule has 3 atom stereocenters. The second-order valence-electron chi connectivity index (χ2n) is 5.55. The molecule has 0 aromatic carbocycles. The van der Waals surface area contributed by atoms with Gasteiger partial charge >= 0.3 is 5.97 Å². The number of hydrogen-bond donors (Lipinski definition) is 0. The highest BCUT2D eigenvalue weighted by atomic mass is 16.5. The monoisotopic (exact) mass is 282 g/mol. The van der Waals surface area contributed by atoms with E-state index in [0.717, 1.165) is 18.4 Å². The Balaban J connectivity index is 5.09. The minimum absolute atomic E-state index is 0.134. The van der Waals surface area contributed by atoms with Crippen LogP contribution in [0.4, 0.5) is 0 Å². The van der Waals surface area contributed by atoms with Gasteiger partial charge < -0.3 is 4.74 Å². The Morgan fingerprint density at radius 2 is 1.70 bits per heavy atom. The first-order chi connectivity index (χ1) is 9.37. The van der Waals surface area contributed by atoms with E-state index in [9.17, 15) is 9.59 Å². The van der Waals surface area contributed by atoms with E-state index >= 15 is 0 Å². The zero-order valence-corrected chi connectivity index (χ0v) is 13.9. The number of carbonyl (C=O) groups excluding carboxylic acids is 2. The number of allylic oxidation sites excluding steroid dienone is 1. The molecular formula is C17H30O3. The summed E-state index contributed by atoms with van der Waals surface area (Å²) < 4.78 is 5.50. The molecule has 1 unspecified atom stereocenters. The van der Waals surface area contributed by atoms with Gasteiger partial charge in [-0.15, -0.1) is 0 Å². The topological polar surface area (TPSA) is 43.4 Å². The van der Waals surface area contributed by atoms with Gasteiger partial charge in [0.1, 0.15) is 11.9 Å². The van der Waals surface area contributed by atoms with Crippen LogP contribution in [0.1, 0.15) is 67.2 Å². The lowest BCUT2D eigenvalue weighted by Gasteiger charge is -2.24. The Hall–Kier alpha value is -1.12. The fraction of sp³-hybridized carbons (Fsp3) is 0.765. The van der Waals surface area contributed by atoms with Crippen molar-refractivity contribution in [2.24, 2.45) is 11.8 Å². The maximum atomic E-state index is 11.9. The lowest BCUT2D eigenvalue weighted by Crippen LogP contribution is -2.31. The maximum Gasteiger partial charge on any atom is 0.306 e. The highest BCUT2D eigenvalue weighted by Crippen LogP contribution is 2.22. The van der Waals surface area contributed by atoms with Crippen LogP contribution >= 0.6 is 0 Å². The summed E-state index contributed by atoms with van der Waals surface area (Å²) in [5, 5.41) is 0. The van der Waals surface area contributed by atoms with Gasteiger partial charge in [-0.3, -0.25) is 9.59 Å². The predicted molar refractivity (Wildman–Crippen MR) is 82.5 cm³/mol. The van der Waals surface area contributed by atoms with Crippen LogP contribution in [0.5, 0.6) is 0 Å². The molecule has 0 aromatic heterocycles. The van der Waals surface area contributed by atoms with Gasteiger partial charge in [0.2, 0.25) is 0 Å².